The third-order valence-electron chi connectivity index (χ3n) is 3.61. The summed E-state index contributed by atoms with van der Waals surface area (Å²) < 4.78 is 63.2. The van der Waals surface area contributed by atoms with Crippen LogP contribution in [0.25, 0.3) is 10.8 Å². The van der Waals surface area contributed by atoms with E-state index in [2.05, 4.69) is 4.18 Å². The number of fused-ring (bicyclic) bond motifs is 1. The lowest BCUT2D eigenvalue weighted by Crippen LogP contribution is -2.28. The van der Waals surface area contributed by atoms with Crippen LogP contribution in [0, 0.1) is 5.92 Å². The number of hydrogen-bond donors (Lipinski definition) is 1. The van der Waals surface area contributed by atoms with Gasteiger partial charge >= 0.3 is 15.6 Å². The molecule has 0 spiro atoms. The molecule has 0 bridgehead atoms. The minimum absolute atomic E-state index is 0.291. The Bertz CT molecular complexity index is 890. The van der Waals surface area contributed by atoms with Crippen molar-refractivity contribution in [2.45, 2.75) is 18.9 Å². The normalized spacial score (nSPS) is 13.6. The number of halogens is 3. The van der Waals surface area contributed by atoms with Crippen molar-refractivity contribution in [3.63, 3.8) is 0 Å². The summed E-state index contributed by atoms with van der Waals surface area (Å²) in [5, 5.41) is 9.98. The first-order chi connectivity index (χ1) is 11.5. The van der Waals surface area contributed by atoms with Crippen LogP contribution in [0.3, 0.4) is 0 Å². The minimum Gasteiger partial charge on any atom is -0.389 e. The summed E-state index contributed by atoms with van der Waals surface area (Å²) in [4.78, 5) is 11.4. The van der Waals surface area contributed by atoms with Gasteiger partial charge < -0.3 is 9.29 Å². The number of benzene rings is 2. The molecule has 1 atom stereocenters. The van der Waals surface area contributed by atoms with Crippen LogP contribution >= 0.6 is 0 Å². The van der Waals surface area contributed by atoms with E-state index in [9.17, 15) is 26.4 Å². The number of aliphatic hydroxyl groups is 1. The molecule has 5 nitrogen and oxygen atoms in total. The summed E-state index contributed by atoms with van der Waals surface area (Å²) >= 11 is 0. The Hall–Kier alpha value is -2.13. The molecule has 9 heteroatoms. The Balaban J connectivity index is 2.25. The molecule has 0 saturated carbocycles. The molecule has 136 valence electrons. The molecule has 0 aliphatic rings. The Labute approximate surface area is 142 Å². The monoisotopic (exact) mass is 376 g/mol. The predicted molar refractivity (Wildman–Crippen MR) is 84.5 cm³/mol. The lowest BCUT2D eigenvalue weighted by molar-refractivity contribution is -0.125. The van der Waals surface area contributed by atoms with Gasteiger partial charge in [-0.2, -0.15) is 21.6 Å². The first kappa shape index (κ1) is 19.2. The summed E-state index contributed by atoms with van der Waals surface area (Å²) in [6.45, 7) is 1.14. The maximum atomic E-state index is 12.3. The van der Waals surface area contributed by atoms with Crippen LogP contribution in [0.1, 0.15) is 12.5 Å². The molecule has 0 radical (unpaired) electrons. The van der Waals surface area contributed by atoms with E-state index in [1.807, 2.05) is 0 Å². The standard InChI is InChI=1S/C16H15F3O5S/c1-10(15(21)9-20)6-11-2-3-13-8-14(5-4-12(13)7-11)24-25(22,23)16(17,18)19/h2-5,7-8,10,20H,6,9H2,1H3/t10-/m0/s1. The second-order valence-electron chi connectivity index (χ2n) is 5.56. The predicted octanol–water partition coefficient (Wildman–Crippen LogP) is 2.81. The zero-order valence-corrected chi connectivity index (χ0v) is 13.9. The van der Waals surface area contributed by atoms with E-state index in [-0.39, 0.29) is 11.7 Å². The number of carbonyl (C=O) groups excluding carboxylic acids is 1. The number of carbonyl (C=O) groups is 1. The van der Waals surface area contributed by atoms with Crippen molar-refractivity contribution in [3.05, 3.63) is 42.0 Å². The van der Waals surface area contributed by atoms with Crippen molar-refractivity contribution in [1.29, 1.82) is 0 Å². The maximum Gasteiger partial charge on any atom is 0.534 e. The molecule has 0 fully saturated rings. The molecule has 2 rings (SSSR count). The van der Waals surface area contributed by atoms with Crippen LogP contribution < -0.4 is 4.18 Å². The lowest BCUT2D eigenvalue weighted by Gasteiger charge is -2.11. The van der Waals surface area contributed by atoms with Gasteiger partial charge in [-0.15, -0.1) is 0 Å². The minimum atomic E-state index is -5.72. The lowest BCUT2D eigenvalue weighted by atomic mass is 9.95. The highest BCUT2D eigenvalue weighted by molar-refractivity contribution is 7.88. The molecular formula is C16H15F3O5S. The van der Waals surface area contributed by atoms with Crippen molar-refractivity contribution in [1.82, 2.24) is 0 Å². The van der Waals surface area contributed by atoms with Crippen LogP contribution in [0.5, 0.6) is 5.75 Å². The van der Waals surface area contributed by atoms with Crippen molar-refractivity contribution in [2.24, 2.45) is 5.92 Å². The van der Waals surface area contributed by atoms with Crippen LogP contribution in [0.2, 0.25) is 0 Å². The molecule has 0 amide bonds. The first-order valence-electron chi connectivity index (χ1n) is 7.20. The largest absolute Gasteiger partial charge is 0.534 e. The molecule has 2 aromatic rings. The molecule has 0 aliphatic heterocycles. The molecule has 0 saturated heterocycles. The third kappa shape index (κ3) is 4.49. The quantitative estimate of drug-likeness (QED) is 0.619. The van der Waals surface area contributed by atoms with Gasteiger partial charge in [-0.1, -0.05) is 31.2 Å². The SMILES string of the molecule is C[C@@H](Cc1ccc2cc(OS(=O)(=O)C(F)(F)F)ccc2c1)C(=O)CO. The van der Waals surface area contributed by atoms with E-state index in [0.29, 0.717) is 17.2 Å². The zero-order chi connectivity index (χ0) is 18.8. The summed E-state index contributed by atoms with van der Waals surface area (Å²) in [6, 6.07) is 8.74. The average Bonchev–Trinajstić information content (AvgIpc) is 2.52. The average molecular weight is 376 g/mol. The number of alkyl halides is 3. The number of Topliss-reactive ketones (excluding diaryl/α,β-unsaturated/α-hetero) is 1. The Kier molecular flexibility index (Phi) is 5.38. The van der Waals surface area contributed by atoms with Crippen LogP contribution in [0.15, 0.2) is 36.4 Å². The van der Waals surface area contributed by atoms with Crippen molar-refractivity contribution < 1.29 is 35.7 Å². The van der Waals surface area contributed by atoms with Crippen molar-refractivity contribution in [3.8, 4) is 5.75 Å². The maximum absolute atomic E-state index is 12.3. The highest BCUT2D eigenvalue weighted by Crippen LogP contribution is 2.29. The van der Waals surface area contributed by atoms with E-state index in [4.69, 9.17) is 5.11 Å². The zero-order valence-electron chi connectivity index (χ0n) is 13.1. The fraction of sp³-hybridized carbons (Fsp3) is 0.312. The number of rotatable bonds is 6. The second kappa shape index (κ2) is 7.01. The van der Waals surface area contributed by atoms with E-state index in [0.717, 1.165) is 11.6 Å². The van der Waals surface area contributed by atoms with E-state index in [1.54, 1.807) is 25.1 Å². The van der Waals surface area contributed by atoms with Crippen LogP contribution in [-0.2, 0) is 21.3 Å². The second-order valence-corrected chi connectivity index (χ2v) is 7.09. The van der Waals surface area contributed by atoms with Gasteiger partial charge in [-0.3, -0.25) is 4.79 Å². The van der Waals surface area contributed by atoms with Gasteiger partial charge in [0.15, 0.2) is 5.78 Å². The molecule has 1 N–H and O–H groups in total. The van der Waals surface area contributed by atoms with Gasteiger partial charge in [0.2, 0.25) is 0 Å². The smallest absolute Gasteiger partial charge is 0.389 e. The number of hydrogen-bond acceptors (Lipinski definition) is 5. The fourth-order valence-electron chi connectivity index (χ4n) is 2.25. The van der Waals surface area contributed by atoms with Gasteiger partial charge in [-0.25, -0.2) is 0 Å². The van der Waals surface area contributed by atoms with Gasteiger partial charge in [0.05, 0.1) is 0 Å². The van der Waals surface area contributed by atoms with Crippen LogP contribution in [0.4, 0.5) is 13.2 Å². The van der Waals surface area contributed by atoms with Gasteiger partial charge in [0.1, 0.15) is 12.4 Å². The molecule has 0 aromatic heterocycles. The van der Waals surface area contributed by atoms with Gasteiger partial charge in [0.25, 0.3) is 0 Å². The molecular weight excluding hydrogens is 361 g/mol. The Morgan fingerprint density at radius 1 is 1.16 bits per heavy atom. The molecule has 0 heterocycles. The number of aliphatic hydroxyl groups excluding tert-OH is 1. The highest BCUT2D eigenvalue weighted by atomic mass is 32.2. The third-order valence-corrected chi connectivity index (χ3v) is 4.59. The summed E-state index contributed by atoms with van der Waals surface area (Å²) in [5.74, 6) is -1.11. The number of ketones is 1. The molecule has 0 aliphatic carbocycles. The summed E-state index contributed by atoms with van der Waals surface area (Å²) in [6.07, 6.45) is 0.399. The van der Waals surface area contributed by atoms with Crippen molar-refractivity contribution in [2.75, 3.05) is 6.61 Å². The first-order valence-corrected chi connectivity index (χ1v) is 8.61. The molecule has 0 unspecified atom stereocenters. The molecule has 25 heavy (non-hydrogen) atoms. The molecule has 2 aromatic carbocycles. The summed E-state index contributed by atoms with van der Waals surface area (Å²) in [5.41, 5.74) is -4.69. The van der Waals surface area contributed by atoms with Gasteiger partial charge in [0, 0.05) is 5.92 Å². The fourth-order valence-corrected chi connectivity index (χ4v) is 2.70. The van der Waals surface area contributed by atoms with E-state index >= 15 is 0 Å². The van der Waals surface area contributed by atoms with Crippen molar-refractivity contribution >= 4 is 26.7 Å². The Morgan fingerprint density at radius 3 is 2.36 bits per heavy atom. The van der Waals surface area contributed by atoms with E-state index in [1.165, 1.54) is 12.1 Å². The summed E-state index contributed by atoms with van der Waals surface area (Å²) in [7, 11) is -5.72. The topological polar surface area (TPSA) is 80.7 Å². The highest BCUT2D eigenvalue weighted by Gasteiger charge is 2.48. The Morgan fingerprint density at radius 2 is 1.76 bits per heavy atom. The van der Waals surface area contributed by atoms with Gasteiger partial charge in [-0.05, 0) is 34.9 Å². The van der Waals surface area contributed by atoms with Crippen LogP contribution in [-0.4, -0.2) is 31.4 Å². The van der Waals surface area contributed by atoms with E-state index < -0.39 is 28.0 Å².